The van der Waals surface area contributed by atoms with Gasteiger partial charge in [0.2, 0.25) is 5.75 Å². The Morgan fingerprint density at radius 2 is 2.05 bits per heavy atom. The number of ether oxygens (including phenoxy) is 1. The quantitative estimate of drug-likeness (QED) is 0.389. The number of nitrogens with zero attached hydrogens (tertiary/aromatic N) is 1. The number of nitro benzene ring substituents is 1. The number of rotatable bonds is 4. The Kier molecular flexibility index (Phi) is 4.09. The van der Waals surface area contributed by atoms with Crippen molar-refractivity contribution in [2.45, 2.75) is 6.92 Å². The first-order chi connectivity index (χ1) is 9.90. The van der Waals surface area contributed by atoms with Gasteiger partial charge in [-0.2, -0.15) is 0 Å². The predicted octanol–water partition coefficient (Wildman–Crippen LogP) is 3.63. The third-order valence-corrected chi connectivity index (χ3v) is 3.09. The number of hydrogen-bond acceptors (Lipinski definition) is 4. The van der Waals surface area contributed by atoms with Gasteiger partial charge in [-0.25, -0.2) is 0 Å². The molecule has 0 fully saturated rings. The van der Waals surface area contributed by atoms with Crippen molar-refractivity contribution in [3.05, 3.63) is 62.7 Å². The van der Waals surface area contributed by atoms with E-state index in [1.807, 2.05) is 0 Å². The maximum absolute atomic E-state index is 11.0. The van der Waals surface area contributed by atoms with Crippen LogP contribution in [0.1, 0.15) is 11.1 Å². The normalized spacial score (nSPS) is 10.2. The van der Waals surface area contributed by atoms with Gasteiger partial charge in [0.15, 0.2) is 0 Å². The summed E-state index contributed by atoms with van der Waals surface area (Å²) in [5.41, 5.74) is 6.32. The number of aryl methyl sites for hydroxylation is 1. The summed E-state index contributed by atoms with van der Waals surface area (Å²) >= 11 is 5.99. The molecule has 0 atom stereocenters. The Labute approximate surface area is 125 Å². The summed E-state index contributed by atoms with van der Waals surface area (Å²) in [6.07, 6.45) is 0. The molecule has 2 aromatic carbocycles. The van der Waals surface area contributed by atoms with Crippen molar-refractivity contribution in [3.8, 4) is 11.5 Å². The van der Waals surface area contributed by atoms with Crippen LogP contribution in [0.3, 0.4) is 0 Å². The van der Waals surface area contributed by atoms with Gasteiger partial charge in [0.1, 0.15) is 11.6 Å². The standard InChI is InChI=1S/C14H12ClN3O3/c1-8-5-6-10(18(19)20)12(7-8)21-11-4-2-3-9(15)13(11)14(16)17/h2-7H,1H3,(H3,16,17). The summed E-state index contributed by atoms with van der Waals surface area (Å²) in [5, 5.41) is 18.8. The zero-order chi connectivity index (χ0) is 15.6. The Balaban J connectivity index is 2.53. The first-order valence-electron chi connectivity index (χ1n) is 5.96. The summed E-state index contributed by atoms with van der Waals surface area (Å²) in [5.74, 6) is -0.000581. The molecule has 6 nitrogen and oxygen atoms in total. The number of hydrogen-bond donors (Lipinski definition) is 2. The largest absolute Gasteiger partial charge is 0.449 e. The van der Waals surface area contributed by atoms with E-state index in [1.54, 1.807) is 37.3 Å². The second kappa shape index (κ2) is 5.80. The van der Waals surface area contributed by atoms with Crippen molar-refractivity contribution in [2.24, 2.45) is 5.73 Å². The Morgan fingerprint density at radius 1 is 1.33 bits per heavy atom. The number of nitrogens with one attached hydrogen (secondary N) is 1. The van der Waals surface area contributed by atoms with Crippen LogP contribution in [0.5, 0.6) is 11.5 Å². The van der Waals surface area contributed by atoms with Gasteiger partial charge < -0.3 is 10.5 Å². The van der Waals surface area contributed by atoms with E-state index in [9.17, 15) is 10.1 Å². The van der Waals surface area contributed by atoms with Crippen molar-refractivity contribution >= 4 is 23.1 Å². The fourth-order valence-corrected chi connectivity index (χ4v) is 2.09. The zero-order valence-corrected chi connectivity index (χ0v) is 11.8. The maximum atomic E-state index is 11.0. The lowest BCUT2D eigenvalue weighted by atomic mass is 10.1. The average Bonchev–Trinajstić information content (AvgIpc) is 2.37. The van der Waals surface area contributed by atoms with Crippen LogP contribution in [-0.4, -0.2) is 10.8 Å². The molecule has 0 bridgehead atoms. The minimum absolute atomic E-state index is 0.0739. The Hall–Kier alpha value is -2.60. The number of halogens is 1. The molecule has 0 aliphatic carbocycles. The lowest BCUT2D eigenvalue weighted by Crippen LogP contribution is -2.13. The summed E-state index contributed by atoms with van der Waals surface area (Å²) in [6.45, 7) is 1.79. The van der Waals surface area contributed by atoms with Gasteiger partial charge in [-0.05, 0) is 30.7 Å². The lowest BCUT2D eigenvalue weighted by Gasteiger charge is -2.12. The minimum atomic E-state index is -0.535. The Morgan fingerprint density at radius 3 is 2.67 bits per heavy atom. The molecule has 2 rings (SSSR count). The molecular formula is C14H12ClN3O3. The summed E-state index contributed by atoms with van der Waals surface area (Å²) in [6, 6.07) is 9.26. The molecule has 0 unspecified atom stereocenters. The van der Waals surface area contributed by atoms with Crippen molar-refractivity contribution < 1.29 is 9.66 Å². The third kappa shape index (κ3) is 3.11. The number of nitro groups is 1. The van der Waals surface area contributed by atoms with E-state index in [0.29, 0.717) is 0 Å². The second-order valence-corrected chi connectivity index (χ2v) is 4.76. The molecule has 0 amide bonds. The molecule has 0 aliphatic rings. The van der Waals surface area contributed by atoms with E-state index in [4.69, 9.17) is 27.5 Å². The van der Waals surface area contributed by atoms with Crippen LogP contribution < -0.4 is 10.5 Å². The van der Waals surface area contributed by atoms with Crippen LogP contribution in [0.4, 0.5) is 5.69 Å². The average molecular weight is 306 g/mol. The first kappa shape index (κ1) is 14.8. The van der Waals surface area contributed by atoms with Gasteiger partial charge in [0.25, 0.3) is 0 Å². The zero-order valence-electron chi connectivity index (χ0n) is 11.1. The van der Waals surface area contributed by atoms with E-state index in [1.165, 1.54) is 6.07 Å². The fourth-order valence-electron chi connectivity index (χ4n) is 1.82. The van der Waals surface area contributed by atoms with Crippen LogP contribution in [0.2, 0.25) is 5.02 Å². The summed E-state index contributed by atoms with van der Waals surface area (Å²) in [4.78, 5) is 10.5. The molecule has 0 aliphatic heterocycles. The van der Waals surface area contributed by atoms with Gasteiger partial charge >= 0.3 is 5.69 Å². The van der Waals surface area contributed by atoms with Gasteiger partial charge in [0.05, 0.1) is 15.5 Å². The molecule has 0 radical (unpaired) electrons. The molecule has 3 N–H and O–H groups in total. The lowest BCUT2D eigenvalue weighted by molar-refractivity contribution is -0.385. The molecule has 0 saturated heterocycles. The van der Waals surface area contributed by atoms with E-state index in [2.05, 4.69) is 0 Å². The minimum Gasteiger partial charge on any atom is -0.449 e. The third-order valence-electron chi connectivity index (χ3n) is 2.78. The molecule has 0 spiro atoms. The molecule has 21 heavy (non-hydrogen) atoms. The van der Waals surface area contributed by atoms with Crippen molar-refractivity contribution in [1.29, 1.82) is 5.41 Å². The van der Waals surface area contributed by atoms with E-state index in [0.717, 1.165) is 5.56 Å². The van der Waals surface area contributed by atoms with Gasteiger partial charge in [-0.15, -0.1) is 0 Å². The topological polar surface area (TPSA) is 102 Å². The molecule has 2 aromatic rings. The van der Waals surface area contributed by atoms with E-state index < -0.39 is 4.92 Å². The van der Waals surface area contributed by atoms with Gasteiger partial charge in [-0.3, -0.25) is 15.5 Å². The molecule has 0 heterocycles. The summed E-state index contributed by atoms with van der Waals surface area (Å²) in [7, 11) is 0. The van der Waals surface area contributed by atoms with Crippen LogP contribution in [0.25, 0.3) is 0 Å². The Bertz CT molecular complexity index is 731. The number of nitrogen functional groups attached to an aromatic ring is 1. The fraction of sp³-hybridized carbons (Fsp3) is 0.0714. The van der Waals surface area contributed by atoms with Crippen LogP contribution >= 0.6 is 11.6 Å². The van der Waals surface area contributed by atoms with Crippen molar-refractivity contribution in [1.82, 2.24) is 0 Å². The van der Waals surface area contributed by atoms with E-state index in [-0.39, 0.29) is 33.6 Å². The predicted molar refractivity (Wildman–Crippen MR) is 80.4 cm³/mol. The monoisotopic (exact) mass is 305 g/mol. The number of benzene rings is 2. The highest BCUT2D eigenvalue weighted by atomic mass is 35.5. The van der Waals surface area contributed by atoms with Crippen LogP contribution in [0.15, 0.2) is 36.4 Å². The highest BCUT2D eigenvalue weighted by molar-refractivity contribution is 6.34. The van der Waals surface area contributed by atoms with Crippen molar-refractivity contribution in [3.63, 3.8) is 0 Å². The van der Waals surface area contributed by atoms with Gasteiger partial charge in [-0.1, -0.05) is 23.7 Å². The van der Waals surface area contributed by atoms with Gasteiger partial charge in [0, 0.05) is 6.07 Å². The molecule has 0 saturated carbocycles. The van der Waals surface area contributed by atoms with Crippen molar-refractivity contribution in [2.75, 3.05) is 0 Å². The maximum Gasteiger partial charge on any atom is 0.311 e. The highest BCUT2D eigenvalue weighted by Gasteiger charge is 2.18. The molecule has 0 aromatic heterocycles. The highest BCUT2D eigenvalue weighted by Crippen LogP contribution is 2.35. The van der Waals surface area contributed by atoms with E-state index >= 15 is 0 Å². The molecule has 108 valence electrons. The first-order valence-corrected chi connectivity index (χ1v) is 6.33. The molecule has 7 heteroatoms. The molecular weight excluding hydrogens is 294 g/mol. The smallest absolute Gasteiger partial charge is 0.311 e. The number of amidine groups is 1. The van der Waals surface area contributed by atoms with Crippen LogP contribution in [0, 0.1) is 22.4 Å². The summed E-state index contributed by atoms with van der Waals surface area (Å²) < 4.78 is 5.58. The second-order valence-electron chi connectivity index (χ2n) is 4.36. The number of nitrogens with two attached hydrogens (primary N) is 1. The van der Waals surface area contributed by atoms with Crippen LogP contribution in [-0.2, 0) is 0 Å². The SMILES string of the molecule is Cc1ccc([N+](=O)[O-])c(Oc2cccc(Cl)c2C(=N)N)c1.